The predicted molar refractivity (Wildman–Crippen MR) is 64.4 cm³/mol. The fraction of sp³-hybridized carbons (Fsp3) is 0.636. The average Bonchev–Trinajstić information content (AvgIpc) is 2.48. The Kier molecular flexibility index (Phi) is 4.41. The van der Waals surface area contributed by atoms with Gasteiger partial charge in [0, 0.05) is 25.2 Å². The molecule has 1 heterocycles. The number of ether oxygens (including phenoxy) is 1. The number of carbonyl (C=O) groups excluding carboxylic acids is 1. The zero-order valence-corrected chi connectivity index (χ0v) is 11.0. The van der Waals surface area contributed by atoms with Crippen LogP contribution in [0, 0.1) is 0 Å². The van der Waals surface area contributed by atoms with Crippen LogP contribution in [0.4, 0.5) is 0 Å². The van der Waals surface area contributed by atoms with Crippen molar-refractivity contribution in [3.8, 4) is 0 Å². The standard InChI is InChI=1S/C11H18N2O2S/c1-11(2,3)15-9(14)5-8-16-10-12-6-7-13(10)4/h6-7H,5,8H2,1-4H3. The van der Waals surface area contributed by atoms with Gasteiger partial charge in [-0.1, -0.05) is 11.8 Å². The van der Waals surface area contributed by atoms with Crippen molar-refractivity contribution in [1.29, 1.82) is 0 Å². The first-order valence-electron chi connectivity index (χ1n) is 5.20. The first-order valence-corrected chi connectivity index (χ1v) is 6.19. The molecule has 90 valence electrons. The third kappa shape index (κ3) is 4.70. The highest BCUT2D eigenvalue weighted by atomic mass is 32.2. The van der Waals surface area contributed by atoms with Crippen LogP contribution in [-0.4, -0.2) is 26.9 Å². The number of nitrogens with zero attached hydrogens (tertiary/aromatic N) is 2. The Hall–Kier alpha value is -0.970. The lowest BCUT2D eigenvalue weighted by molar-refractivity contribution is -0.154. The van der Waals surface area contributed by atoms with E-state index in [9.17, 15) is 4.79 Å². The van der Waals surface area contributed by atoms with E-state index in [0.29, 0.717) is 12.2 Å². The largest absolute Gasteiger partial charge is 0.460 e. The van der Waals surface area contributed by atoms with Crippen LogP contribution in [0.25, 0.3) is 0 Å². The monoisotopic (exact) mass is 242 g/mol. The summed E-state index contributed by atoms with van der Waals surface area (Å²) in [6.45, 7) is 5.62. The Labute approximate surface area is 100 Å². The molecule has 16 heavy (non-hydrogen) atoms. The highest BCUT2D eigenvalue weighted by Gasteiger charge is 2.15. The molecule has 0 bridgehead atoms. The van der Waals surface area contributed by atoms with Crippen molar-refractivity contribution in [2.75, 3.05) is 5.75 Å². The maximum Gasteiger partial charge on any atom is 0.307 e. The second-order valence-corrected chi connectivity index (χ2v) is 5.57. The van der Waals surface area contributed by atoms with Crippen molar-refractivity contribution in [1.82, 2.24) is 9.55 Å². The lowest BCUT2D eigenvalue weighted by Gasteiger charge is -2.19. The quantitative estimate of drug-likeness (QED) is 0.600. The number of esters is 1. The molecule has 1 rings (SSSR count). The maximum absolute atomic E-state index is 11.4. The summed E-state index contributed by atoms with van der Waals surface area (Å²) in [6.07, 6.45) is 4.04. The molecule has 0 amide bonds. The molecule has 0 aliphatic heterocycles. The molecule has 0 spiro atoms. The van der Waals surface area contributed by atoms with Gasteiger partial charge < -0.3 is 9.30 Å². The summed E-state index contributed by atoms with van der Waals surface area (Å²) in [5, 5.41) is 0.920. The van der Waals surface area contributed by atoms with Crippen LogP contribution in [0.5, 0.6) is 0 Å². The summed E-state index contributed by atoms with van der Waals surface area (Å²) in [5.41, 5.74) is -0.398. The van der Waals surface area contributed by atoms with Crippen LogP contribution in [0.2, 0.25) is 0 Å². The minimum absolute atomic E-state index is 0.158. The molecule has 0 atom stereocenters. The summed E-state index contributed by atoms with van der Waals surface area (Å²) >= 11 is 1.56. The van der Waals surface area contributed by atoms with Gasteiger partial charge in [0.05, 0.1) is 6.42 Å². The van der Waals surface area contributed by atoms with Crippen molar-refractivity contribution in [3.63, 3.8) is 0 Å². The molecular formula is C11H18N2O2S. The van der Waals surface area contributed by atoms with Gasteiger partial charge in [-0.3, -0.25) is 4.79 Å². The number of hydrogen-bond acceptors (Lipinski definition) is 4. The molecule has 0 saturated heterocycles. The van der Waals surface area contributed by atoms with E-state index >= 15 is 0 Å². The average molecular weight is 242 g/mol. The van der Waals surface area contributed by atoms with Gasteiger partial charge in [0.15, 0.2) is 5.16 Å². The lowest BCUT2D eigenvalue weighted by atomic mass is 10.2. The van der Waals surface area contributed by atoms with Gasteiger partial charge in [0.1, 0.15) is 5.60 Å². The van der Waals surface area contributed by atoms with E-state index in [1.807, 2.05) is 38.6 Å². The van der Waals surface area contributed by atoms with Crippen LogP contribution in [0.15, 0.2) is 17.6 Å². The maximum atomic E-state index is 11.4. The predicted octanol–water partition coefficient (Wildman–Crippen LogP) is 2.24. The molecule has 1 aromatic heterocycles. The Morgan fingerprint density at radius 2 is 2.25 bits per heavy atom. The van der Waals surface area contributed by atoms with Crippen LogP contribution < -0.4 is 0 Å². The van der Waals surface area contributed by atoms with Crippen LogP contribution >= 0.6 is 11.8 Å². The van der Waals surface area contributed by atoms with E-state index in [2.05, 4.69) is 4.98 Å². The number of rotatable bonds is 4. The number of thioether (sulfide) groups is 1. The minimum atomic E-state index is -0.398. The number of hydrogen-bond donors (Lipinski definition) is 0. The van der Waals surface area contributed by atoms with Gasteiger partial charge in [-0.2, -0.15) is 0 Å². The number of aryl methyl sites for hydroxylation is 1. The Morgan fingerprint density at radius 3 is 2.75 bits per heavy atom. The van der Waals surface area contributed by atoms with E-state index in [0.717, 1.165) is 5.16 Å². The van der Waals surface area contributed by atoms with Crippen molar-refractivity contribution in [2.45, 2.75) is 37.9 Å². The van der Waals surface area contributed by atoms with Crippen molar-refractivity contribution in [3.05, 3.63) is 12.4 Å². The molecule has 0 radical (unpaired) electrons. The fourth-order valence-electron chi connectivity index (χ4n) is 1.11. The molecule has 5 heteroatoms. The second kappa shape index (κ2) is 5.39. The van der Waals surface area contributed by atoms with E-state index in [1.165, 1.54) is 0 Å². The van der Waals surface area contributed by atoms with Crippen molar-refractivity contribution >= 4 is 17.7 Å². The molecule has 0 saturated carbocycles. The van der Waals surface area contributed by atoms with Crippen LogP contribution in [0.3, 0.4) is 0 Å². The third-order valence-corrected chi connectivity index (χ3v) is 2.79. The number of carbonyl (C=O) groups is 1. The highest BCUT2D eigenvalue weighted by Crippen LogP contribution is 2.16. The zero-order chi connectivity index (χ0) is 12.2. The molecule has 4 nitrogen and oxygen atoms in total. The van der Waals surface area contributed by atoms with Gasteiger partial charge in [-0.25, -0.2) is 4.98 Å². The van der Waals surface area contributed by atoms with Crippen molar-refractivity contribution in [2.24, 2.45) is 7.05 Å². The van der Waals surface area contributed by atoms with E-state index in [1.54, 1.807) is 18.0 Å². The molecule has 0 unspecified atom stereocenters. The van der Waals surface area contributed by atoms with Crippen LogP contribution in [0.1, 0.15) is 27.2 Å². The smallest absolute Gasteiger partial charge is 0.307 e. The van der Waals surface area contributed by atoms with E-state index < -0.39 is 5.60 Å². The topological polar surface area (TPSA) is 44.1 Å². The first-order chi connectivity index (χ1) is 7.38. The molecule has 1 aromatic rings. The fourth-order valence-corrected chi connectivity index (χ4v) is 1.96. The van der Waals surface area contributed by atoms with Gasteiger partial charge in [0.2, 0.25) is 0 Å². The third-order valence-electron chi connectivity index (χ3n) is 1.73. The minimum Gasteiger partial charge on any atom is -0.460 e. The Bertz CT molecular complexity index is 355. The summed E-state index contributed by atoms with van der Waals surface area (Å²) in [4.78, 5) is 15.6. The van der Waals surface area contributed by atoms with Gasteiger partial charge in [0.25, 0.3) is 0 Å². The summed E-state index contributed by atoms with van der Waals surface area (Å²) in [5.74, 6) is 0.536. The Morgan fingerprint density at radius 1 is 1.56 bits per heavy atom. The van der Waals surface area contributed by atoms with E-state index in [-0.39, 0.29) is 5.97 Å². The Balaban J connectivity index is 2.26. The molecular weight excluding hydrogens is 224 g/mol. The molecule has 0 aliphatic carbocycles. The lowest BCUT2D eigenvalue weighted by Crippen LogP contribution is -2.24. The zero-order valence-electron chi connectivity index (χ0n) is 10.2. The normalized spacial score (nSPS) is 11.5. The molecule has 0 N–H and O–H groups in total. The van der Waals surface area contributed by atoms with Crippen LogP contribution in [-0.2, 0) is 16.6 Å². The van der Waals surface area contributed by atoms with Gasteiger partial charge in [-0.15, -0.1) is 0 Å². The second-order valence-electron chi connectivity index (χ2n) is 4.51. The van der Waals surface area contributed by atoms with E-state index in [4.69, 9.17) is 4.74 Å². The molecule has 0 aliphatic rings. The summed E-state index contributed by atoms with van der Waals surface area (Å²) in [6, 6.07) is 0. The first kappa shape index (κ1) is 13.1. The summed E-state index contributed by atoms with van der Waals surface area (Å²) in [7, 11) is 1.93. The van der Waals surface area contributed by atoms with Gasteiger partial charge in [-0.05, 0) is 20.8 Å². The van der Waals surface area contributed by atoms with Gasteiger partial charge >= 0.3 is 5.97 Å². The molecule has 0 fully saturated rings. The summed E-state index contributed by atoms with van der Waals surface area (Å²) < 4.78 is 7.14. The number of imidazole rings is 1. The SMILES string of the molecule is Cn1ccnc1SCCC(=O)OC(C)(C)C. The van der Waals surface area contributed by atoms with Crippen molar-refractivity contribution < 1.29 is 9.53 Å². The highest BCUT2D eigenvalue weighted by molar-refractivity contribution is 7.99. The number of aromatic nitrogens is 2. The molecule has 0 aromatic carbocycles.